The Morgan fingerprint density at radius 3 is 2.81 bits per heavy atom. The van der Waals surface area contributed by atoms with E-state index in [-0.39, 0.29) is 11.4 Å². The van der Waals surface area contributed by atoms with Crippen LogP contribution in [0.3, 0.4) is 0 Å². The van der Waals surface area contributed by atoms with Crippen LogP contribution >= 0.6 is 0 Å². The number of aromatic amines is 1. The minimum Gasteiger partial charge on any atom is -0.406 e. The lowest BCUT2D eigenvalue weighted by Gasteiger charge is -2.08. The van der Waals surface area contributed by atoms with Gasteiger partial charge in [-0.3, -0.25) is 9.78 Å². The van der Waals surface area contributed by atoms with Crippen molar-refractivity contribution in [3.8, 4) is 17.1 Å². The average Bonchev–Trinajstić information content (AvgIpc) is 2.95. The molecule has 2 heterocycles. The first kappa shape index (κ1) is 18.6. The van der Waals surface area contributed by atoms with Crippen LogP contribution in [-0.4, -0.2) is 40.3 Å². The molecule has 3 aromatic rings. The minimum absolute atomic E-state index is 0.111. The molecule has 0 aliphatic heterocycles. The lowest BCUT2D eigenvalue weighted by atomic mass is 10.1. The molecule has 3 rings (SSSR count). The number of aromatic nitrogens is 3. The van der Waals surface area contributed by atoms with E-state index in [1.807, 2.05) is 0 Å². The lowest BCUT2D eigenvalue weighted by Crippen LogP contribution is -2.29. The van der Waals surface area contributed by atoms with Gasteiger partial charge in [-0.25, -0.2) is 4.98 Å². The Morgan fingerprint density at radius 2 is 2.11 bits per heavy atom. The van der Waals surface area contributed by atoms with Gasteiger partial charge in [-0.05, 0) is 30.7 Å². The van der Waals surface area contributed by atoms with E-state index in [0.29, 0.717) is 40.9 Å². The number of rotatable bonds is 5. The van der Waals surface area contributed by atoms with Gasteiger partial charge >= 0.3 is 6.36 Å². The molecule has 0 spiro atoms. The van der Waals surface area contributed by atoms with Crippen molar-refractivity contribution in [1.82, 2.24) is 20.3 Å². The molecule has 27 heavy (non-hydrogen) atoms. The number of hydrogen-bond donors (Lipinski definition) is 3. The number of ether oxygens (including phenoxy) is 1. The molecule has 2 aromatic heterocycles. The third-order valence-electron chi connectivity index (χ3n) is 3.82. The Labute approximate surface area is 151 Å². The van der Waals surface area contributed by atoms with Gasteiger partial charge in [-0.1, -0.05) is 0 Å². The third kappa shape index (κ3) is 4.17. The standard InChI is InChI=1S/C17H16F3N5O2/c1-9-11-6-10(27-17(18,19)20)2-3-12(11)25-15(9)13-7-22-8-14(24-13)16(26)23-5-4-21/h2-3,6-8,25H,4-5,21H2,1H3,(H,23,26). The number of H-pyrrole nitrogens is 1. The van der Waals surface area contributed by atoms with Crippen LogP contribution in [0.25, 0.3) is 22.3 Å². The molecule has 10 heteroatoms. The van der Waals surface area contributed by atoms with Gasteiger partial charge in [-0.2, -0.15) is 0 Å². The maximum Gasteiger partial charge on any atom is 0.573 e. The highest BCUT2D eigenvalue weighted by molar-refractivity contribution is 5.93. The summed E-state index contributed by atoms with van der Waals surface area (Å²) < 4.78 is 41.2. The van der Waals surface area contributed by atoms with Crippen LogP contribution in [0.2, 0.25) is 0 Å². The summed E-state index contributed by atoms with van der Waals surface area (Å²) in [5.41, 5.74) is 7.67. The number of halogens is 3. The maximum atomic E-state index is 12.4. The number of nitrogens with one attached hydrogen (secondary N) is 2. The normalized spacial score (nSPS) is 11.6. The molecule has 142 valence electrons. The molecule has 0 atom stereocenters. The van der Waals surface area contributed by atoms with Crippen LogP contribution in [0.1, 0.15) is 16.1 Å². The van der Waals surface area contributed by atoms with Crippen molar-refractivity contribution in [3.63, 3.8) is 0 Å². The predicted molar refractivity (Wildman–Crippen MR) is 92.1 cm³/mol. The van der Waals surface area contributed by atoms with Crippen LogP contribution in [0.15, 0.2) is 30.6 Å². The van der Waals surface area contributed by atoms with E-state index < -0.39 is 12.3 Å². The monoisotopic (exact) mass is 379 g/mol. The van der Waals surface area contributed by atoms with Gasteiger partial charge in [-0.15, -0.1) is 13.2 Å². The van der Waals surface area contributed by atoms with Crippen LogP contribution in [0.4, 0.5) is 13.2 Å². The summed E-state index contributed by atoms with van der Waals surface area (Å²) in [6, 6.07) is 4.00. The number of amides is 1. The summed E-state index contributed by atoms with van der Waals surface area (Å²) in [5.74, 6) is -0.728. The van der Waals surface area contributed by atoms with Gasteiger partial charge in [0.1, 0.15) is 17.1 Å². The molecule has 4 N–H and O–H groups in total. The van der Waals surface area contributed by atoms with Gasteiger partial charge < -0.3 is 20.8 Å². The Hall–Kier alpha value is -3.14. The summed E-state index contributed by atoms with van der Waals surface area (Å²) >= 11 is 0. The molecule has 0 radical (unpaired) electrons. The lowest BCUT2D eigenvalue weighted by molar-refractivity contribution is -0.274. The van der Waals surface area contributed by atoms with E-state index in [2.05, 4.69) is 25.0 Å². The molecule has 1 aromatic carbocycles. The van der Waals surface area contributed by atoms with E-state index in [1.54, 1.807) is 6.92 Å². The first-order valence-corrected chi connectivity index (χ1v) is 7.97. The Kier molecular flexibility index (Phi) is 5.00. The fraction of sp³-hybridized carbons (Fsp3) is 0.235. The predicted octanol–water partition coefficient (Wildman–Crippen LogP) is 2.52. The van der Waals surface area contributed by atoms with E-state index in [1.165, 1.54) is 30.6 Å². The highest BCUT2D eigenvalue weighted by Crippen LogP contribution is 2.32. The smallest absolute Gasteiger partial charge is 0.406 e. The van der Waals surface area contributed by atoms with Gasteiger partial charge in [0.2, 0.25) is 0 Å². The number of hydrogen-bond acceptors (Lipinski definition) is 5. The zero-order chi connectivity index (χ0) is 19.6. The number of fused-ring (bicyclic) bond motifs is 1. The molecule has 0 fully saturated rings. The number of carbonyl (C=O) groups excluding carboxylic acids is 1. The zero-order valence-corrected chi connectivity index (χ0v) is 14.2. The van der Waals surface area contributed by atoms with Gasteiger partial charge in [0.25, 0.3) is 5.91 Å². The Bertz CT molecular complexity index is 984. The van der Waals surface area contributed by atoms with Crippen molar-refractivity contribution in [2.45, 2.75) is 13.3 Å². The van der Waals surface area contributed by atoms with E-state index in [4.69, 9.17) is 5.73 Å². The van der Waals surface area contributed by atoms with Crippen molar-refractivity contribution in [2.24, 2.45) is 5.73 Å². The van der Waals surface area contributed by atoms with Crippen LogP contribution in [0.5, 0.6) is 5.75 Å². The zero-order valence-electron chi connectivity index (χ0n) is 14.2. The quantitative estimate of drug-likeness (QED) is 0.632. The highest BCUT2D eigenvalue weighted by Gasteiger charge is 2.31. The first-order chi connectivity index (χ1) is 12.8. The van der Waals surface area contributed by atoms with Gasteiger partial charge in [0.15, 0.2) is 0 Å². The SMILES string of the molecule is Cc1c(-c2cncc(C(=O)NCCN)n2)[nH]c2ccc(OC(F)(F)F)cc12. The maximum absolute atomic E-state index is 12.4. The van der Waals surface area contributed by atoms with Gasteiger partial charge in [0.05, 0.1) is 18.1 Å². The largest absolute Gasteiger partial charge is 0.573 e. The van der Waals surface area contributed by atoms with Crippen molar-refractivity contribution in [1.29, 1.82) is 0 Å². The molecular weight excluding hydrogens is 363 g/mol. The summed E-state index contributed by atoms with van der Waals surface area (Å²) in [6.45, 7) is 2.33. The van der Waals surface area contributed by atoms with E-state index in [0.717, 1.165) is 0 Å². The van der Waals surface area contributed by atoms with Crippen molar-refractivity contribution in [2.75, 3.05) is 13.1 Å². The summed E-state index contributed by atoms with van der Waals surface area (Å²) in [5, 5.41) is 3.15. The summed E-state index contributed by atoms with van der Waals surface area (Å²) in [4.78, 5) is 23.4. The van der Waals surface area contributed by atoms with Crippen LogP contribution in [0, 0.1) is 6.92 Å². The molecule has 0 bridgehead atoms. The fourth-order valence-corrected chi connectivity index (χ4v) is 2.63. The number of nitrogens with two attached hydrogens (primary N) is 1. The number of benzene rings is 1. The van der Waals surface area contributed by atoms with E-state index >= 15 is 0 Å². The number of aryl methyl sites for hydroxylation is 1. The molecule has 0 saturated heterocycles. The number of carbonyl (C=O) groups is 1. The Morgan fingerprint density at radius 1 is 1.33 bits per heavy atom. The first-order valence-electron chi connectivity index (χ1n) is 7.97. The molecule has 7 nitrogen and oxygen atoms in total. The molecule has 0 unspecified atom stereocenters. The van der Waals surface area contributed by atoms with E-state index in [9.17, 15) is 18.0 Å². The topological polar surface area (TPSA) is 106 Å². The molecule has 0 aliphatic carbocycles. The van der Waals surface area contributed by atoms with Crippen LogP contribution in [-0.2, 0) is 0 Å². The third-order valence-corrected chi connectivity index (χ3v) is 3.82. The second-order valence-electron chi connectivity index (χ2n) is 5.71. The van der Waals surface area contributed by atoms with Crippen molar-refractivity contribution >= 4 is 16.8 Å². The molecule has 1 amide bonds. The summed E-state index contributed by atoms with van der Waals surface area (Å²) in [6.07, 6.45) is -1.98. The Balaban J connectivity index is 1.97. The van der Waals surface area contributed by atoms with Crippen molar-refractivity contribution in [3.05, 3.63) is 41.9 Å². The molecule has 0 aliphatic rings. The van der Waals surface area contributed by atoms with Crippen LogP contribution < -0.4 is 15.8 Å². The van der Waals surface area contributed by atoms with Gasteiger partial charge in [0, 0.05) is 24.0 Å². The minimum atomic E-state index is -4.77. The second kappa shape index (κ2) is 7.23. The number of alkyl halides is 3. The number of nitrogens with zero attached hydrogens (tertiary/aromatic N) is 2. The molecule has 0 saturated carbocycles. The second-order valence-corrected chi connectivity index (χ2v) is 5.71. The average molecular weight is 379 g/mol. The highest BCUT2D eigenvalue weighted by atomic mass is 19.4. The summed E-state index contributed by atoms with van der Waals surface area (Å²) in [7, 11) is 0. The van der Waals surface area contributed by atoms with Crippen molar-refractivity contribution < 1.29 is 22.7 Å². The molecular formula is C17H16F3N5O2. The fourth-order valence-electron chi connectivity index (χ4n) is 2.63.